The van der Waals surface area contributed by atoms with E-state index in [0.29, 0.717) is 5.56 Å². The van der Waals surface area contributed by atoms with Crippen molar-refractivity contribution in [3.8, 4) is 0 Å². The summed E-state index contributed by atoms with van der Waals surface area (Å²) in [6, 6.07) is 7.52. The zero-order valence-corrected chi connectivity index (χ0v) is 14.3. The van der Waals surface area contributed by atoms with E-state index in [1.165, 1.54) is 24.3 Å². The van der Waals surface area contributed by atoms with Crippen LogP contribution in [-0.2, 0) is 15.3 Å². The molecule has 6 nitrogen and oxygen atoms in total. The molecule has 0 saturated heterocycles. The monoisotopic (exact) mass is 333 g/mol. The number of anilines is 1. The van der Waals surface area contributed by atoms with Gasteiger partial charge >= 0.3 is 0 Å². The largest absolute Gasteiger partial charge is 0.290 e. The first-order valence-corrected chi connectivity index (χ1v) is 8.91. The highest BCUT2D eigenvalue weighted by atomic mass is 32.2. The van der Waals surface area contributed by atoms with Crippen molar-refractivity contribution >= 4 is 21.7 Å². The van der Waals surface area contributed by atoms with Gasteiger partial charge in [-0.3, -0.25) is 10.1 Å². The molecule has 0 saturated carbocycles. The lowest BCUT2D eigenvalue weighted by Crippen LogP contribution is -2.18. The lowest BCUT2D eigenvalue weighted by Gasteiger charge is -2.17. The SMILES string of the molecule is CC(C)(C)c1ccnc(NC(=O)c2ccc(S(C)(=O)=O)cc2)n1. The summed E-state index contributed by atoms with van der Waals surface area (Å²) in [5.74, 6) is -0.175. The number of hydrogen-bond donors (Lipinski definition) is 1. The van der Waals surface area contributed by atoms with Gasteiger partial charge in [-0.25, -0.2) is 18.4 Å². The van der Waals surface area contributed by atoms with Crippen molar-refractivity contribution < 1.29 is 13.2 Å². The quantitative estimate of drug-likeness (QED) is 0.932. The summed E-state index contributed by atoms with van der Waals surface area (Å²) in [7, 11) is -3.28. The third-order valence-corrected chi connectivity index (χ3v) is 4.32. The number of carbonyl (C=O) groups excluding carboxylic acids is 1. The van der Waals surface area contributed by atoms with Crippen LogP contribution in [0.15, 0.2) is 41.4 Å². The highest BCUT2D eigenvalue weighted by Gasteiger charge is 2.17. The molecular weight excluding hydrogens is 314 g/mol. The maximum absolute atomic E-state index is 12.2. The molecular formula is C16H19N3O3S. The van der Waals surface area contributed by atoms with E-state index >= 15 is 0 Å². The van der Waals surface area contributed by atoms with Crippen molar-refractivity contribution in [2.45, 2.75) is 31.1 Å². The number of rotatable bonds is 3. The van der Waals surface area contributed by atoms with Crippen molar-refractivity contribution in [3.63, 3.8) is 0 Å². The third-order valence-electron chi connectivity index (χ3n) is 3.19. The van der Waals surface area contributed by atoms with Gasteiger partial charge in [-0.05, 0) is 30.3 Å². The number of benzene rings is 1. The van der Waals surface area contributed by atoms with Gasteiger partial charge in [0.2, 0.25) is 5.95 Å². The first-order valence-electron chi connectivity index (χ1n) is 7.02. The molecule has 0 radical (unpaired) electrons. The Balaban J connectivity index is 2.19. The number of sulfone groups is 1. The molecule has 2 rings (SSSR count). The molecule has 7 heteroatoms. The first-order chi connectivity index (χ1) is 10.6. The van der Waals surface area contributed by atoms with Gasteiger partial charge in [0.1, 0.15) is 0 Å². The van der Waals surface area contributed by atoms with Crippen LogP contribution >= 0.6 is 0 Å². The van der Waals surface area contributed by atoms with Gasteiger partial charge in [0.15, 0.2) is 9.84 Å². The summed E-state index contributed by atoms with van der Waals surface area (Å²) in [6.45, 7) is 6.06. The second-order valence-electron chi connectivity index (χ2n) is 6.27. The topological polar surface area (TPSA) is 89.0 Å². The average molecular weight is 333 g/mol. The van der Waals surface area contributed by atoms with Crippen molar-refractivity contribution in [2.24, 2.45) is 0 Å². The number of nitrogens with zero attached hydrogens (tertiary/aromatic N) is 2. The van der Waals surface area contributed by atoms with E-state index in [1.807, 2.05) is 20.8 Å². The van der Waals surface area contributed by atoms with Crippen molar-refractivity contribution in [1.29, 1.82) is 0 Å². The minimum atomic E-state index is -3.28. The Morgan fingerprint density at radius 1 is 1.09 bits per heavy atom. The first kappa shape index (κ1) is 17.1. The Bertz CT molecular complexity index is 822. The third kappa shape index (κ3) is 4.35. The van der Waals surface area contributed by atoms with E-state index < -0.39 is 15.7 Å². The van der Waals surface area contributed by atoms with E-state index in [-0.39, 0.29) is 16.3 Å². The highest BCUT2D eigenvalue weighted by molar-refractivity contribution is 7.90. The number of amides is 1. The average Bonchev–Trinajstić information content (AvgIpc) is 2.46. The number of aromatic nitrogens is 2. The molecule has 1 aromatic carbocycles. The van der Waals surface area contributed by atoms with Crippen LogP contribution < -0.4 is 5.32 Å². The summed E-state index contributed by atoms with van der Waals surface area (Å²) < 4.78 is 22.8. The summed E-state index contributed by atoms with van der Waals surface area (Å²) in [4.78, 5) is 20.7. The van der Waals surface area contributed by atoms with Gasteiger partial charge in [0.05, 0.1) is 10.6 Å². The molecule has 2 aromatic rings. The van der Waals surface area contributed by atoms with Crippen LogP contribution in [0.1, 0.15) is 36.8 Å². The van der Waals surface area contributed by atoms with Crippen molar-refractivity contribution in [1.82, 2.24) is 9.97 Å². The Kier molecular flexibility index (Phi) is 4.51. The highest BCUT2D eigenvalue weighted by Crippen LogP contribution is 2.20. The maximum atomic E-state index is 12.2. The van der Waals surface area contributed by atoms with Crippen LogP contribution in [-0.4, -0.2) is 30.5 Å². The zero-order chi connectivity index (χ0) is 17.3. The van der Waals surface area contributed by atoms with E-state index in [2.05, 4.69) is 15.3 Å². The van der Waals surface area contributed by atoms with Crippen molar-refractivity contribution in [3.05, 3.63) is 47.8 Å². The van der Waals surface area contributed by atoms with Crippen LogP contribution in [0, 0.1) is 0 Å². The smallest absolute Gasteiger partial charge is 0.258 e. The Hall–Kier alpha value is -2.28. The Morgan fingerprint density at radius 2 is 1.70 bits per heavy atom. The molecule has 0 bridgehead atoms. The lowest BCUT2D eigenvalue weighted by molar-refractivity contribution is 0.102. The van der Waals surface area contributed by atoms with E-state index in [4.69, 9.17) is 0 Å². The molecule has 0 atom stereocenters. The fourth-order valence-electron chi connectivity index (χ4n) is 1.86. The van der Waals surface area contributed by atoms with Gasteiger partial charge in [-0.15, -0.1) is 0 Å². The van der Waals surface area contributed by atoms with Gasteiger partial charge in [0, 0.05) is 23.4 Å². The minimum Gasteiger partial charge on any atom is -0.290 e. The van der Waals surface area contributed by atoms with Crippen LogP contribution in [0.4, 0.5) is 5.95 Å². The lowest BCUT2D eigenvalue weighted by atomic mass is 9.92. The molecule has 1 amide bonds. The maximum Gasteiger partial charge on any atom is 0.258 e. The zero-order valence-electron chi connectivity index (χ0n) is 13.5. The predicted octanol–water partition coefficient (Wildman–Crippen LogP) is 2.43. The van der Waals surface area contributed by atoms with Gasteiger partial charge in [-0.1, -0.05) is 20.8 Å². The number of hydrogen-bond acceptors (Lipinski definition) is 5. The van der Waals surface area contributed by atoms with E-state index in [1.54, 1.807) is 12.3 Å². The molecule has 0 aliphatic carbocycles. The second-order valence-corrected chi connectivity index (χ2v) is 8.28. The summed E-state index contributed by atoms with van der Waals surface area (Å²) in [5, 5.41) is 2.62. The predicted molar refractivity (Wildman–Crippen MR) is 88.2 cm³/mol. The van der Waals surface area contributed by atoms with Gasteiger partial charge in [-0.2, -0.15) is 0 Å². The standard InChI is InChI=1S/C16H19N3O3S/c1-16(2,3)13-9-10-17-15(18-13)19-14(20)11-5-7-12(8-6-11)23(4,21)22/h5-10H,1-4H3,(H,17,18,19,20). The van der Waals surface area contributed by atoms with Crippen LogP contribution in [0.3, 0.4) is 0 Å². The minimum absolute atomic E-state index is 0.153. The van der Waals surface area contributed by atoms with Crippen molar-refractivity contribution in [2.75, 3.05) is 11.6 Å². The van der Waals surface area contributed by atoms with Crippen LogP contribution in [0.2, 0.25) is 0 Å². The molecule has 0 spiro atoms. The Labute approximate surface area is 135 Å². The molecule has 0 unspecified atom stereocenters. The van der Waals surface area contributed by atoms with Gasteiger partial charge < -0.3 is 0 Å². The second kappa shape index (κ2) is 6.08. The van der Waals surface area contributed by atoms with Crippen LogP contribution in [0.25, 0.3) is 0 Å². The molecule has 1 heterocycles. The molecule has 0 aliphatic heterocycles. The summed E-state index contributed by atoms with van der Waals surface area (Å²) in [5.41, 5.74) is 0.997. The molecule has 0 fully saturated rings. The normalized spacial score (nSPS) is 12.0. The fourth-order valence-corrected chi connectivity index (χ4v) is 2.49. The number of carbonyl (C=O) groups is 1. The van der Waals surface area contributed by atoms with E-state index in [9.17, 15) is 13.2 Å². The summed E-state index contributed by atoms with van der Waals surface area (Å²) in [6.07, 6.45) is 2.71. The Morgan fingerprint density at radius 3 is 2.22 bits per heavy atom. The number of nitrogens with one attached hydrogen (secondary N) is 1. The van der Waals surface area contributed by atoms with Crippen LogP contribution in [0.5, 0.6) is 0 Å². The summed E-state index contributed by atoms with van der Waals surface area (Å²) >= 11 is 0. The molecule has 1 aromatic heterocycles. The fraction of sp³-hybridized carbons (Fsp3) is 0.312. The van der Waals surface area contributed by atoms with Gasteiger partial charge in [0.25, 0.3) is 5.91 Å². The molecule has 1 N–H and O–H groups in total. The molecule has 23 heavy (non-hydrogen) atoms. The molecule has 122 valence electrons. The molecule has 0 aliphatic rings. The van der Waals surface area contributed by atoms with E-state index in [0.717, 1.165) is 11.9 Å².